The largest absolute Gasteiger partial charge is 0.454 e. The molecule has 0 aliphatic rings. The highest BCUT2D eigenvalue weighted by Crippen LogP contribution is 2.24. The second kappa shape index (κ2) is 8.00. The second-order valence-corrected chi connectivity index (χ2v) is 7.60. The lowest BCUT2D eigenvalue weighted by atomic mass is 10.0. The van der Waals surface area contributed by atoms with Crippen LogP contribution in [0, 0.1) is 6.92 Å². The van der Waals surface area contributed by atoms with E-state index < -0.39 is 12.1 Å². The molecule has 8 heteroatoms. The van der Waals surface area contributed by atoms with E-state index in [4.69, 9.17) is 9.26 Å². The number of ether oxygens (including phenoxy) is 1. The number of nitrogens with zero attached hydrogens (tertiary/aromatic N) is 2. The van der Waals surface area contributed by atoms with Gasteiger partial charge in [-0.3, -0.25) is 9.59 Å². The molecule has 4 rings (SSSR count). The molecule has 0 unspecified atom stereocenters. The van der Waals surface area contributed by atoms with E-state index in [1.54, 1.807) is 6.92 Å². The molecule has 3 aromatic heterocycles. The van der Waals surface area contributed by atoms with Crippen molar-refractivity contribution in [1.29, 1.82) is 0 Å². The maximum atomic E-state index is 12.8. The zero-order valence-electron chi connectivity index (χ0n) is 16.0. The molecule has 4 aromatic rings. The standard InChI is InChI=1S/C21H19N3O4S/c1-12-19(14-6-3-4-7-15(14)22-12)20(26)13(2)27-18(25)10-9-17-23-21(24-28-17)16-8-5-11-29-16/h3-8,11,13,22H,9-10H2,1-2H3/t13-/m1/s1. The number of aromatic nitrogens is 3. The summed E-state index contributed by atoms with van der Waals surface area (Å²) < 4.78 is 10.5. The second-order valence-electron chi connectivity index (χ2n) is 6.66. The number of aromatic amines is 1. The number of carbonyl (C=O) groups excluding carboxylic acids is 2. The number of hydrogen-bond donors (Lipinski definition) is 1. The molecule has 7 nitrogen and oxygen atoms in total. The summed E-state index contributed by atoms with van der Waals surface area (Å²) in [5.41, 5.74) is 2.19. The predicted octanol–water partition coefficient (Wildman–Crippen LogP) is 4.34. The molecule has 1 N–H and O–H groups in total. The number of Topliss-reactive ketones (excluding diaryl/α,β-unsaturated/α-hetero) is 1. The van der Waals surface area contributed by atoms with Gasteiger partial charge in [0.25, 0.3) is 0 Å². The molecule has 0 fully saturated rings. The number of nitrogens with one attached hydrogen (secondary N) is 1. The van der Waals surface area contributed by atoms with Crippen LogP contribution in [0.3, 0.4) is 0 Å². The first-order valence-electron chi connectivity index (χ1n) is 9.20. The van der Waals surface area contributed by atoms with Crippen molar-refractivity contribution in [2.45, 2.75) is 32.8 Å². The number of benzene rings is 1. The van der Waals surface area contributed by atoms with Gasteiger partial charge in [0.15, 0.2) is 6.10 Å². The number of thiophene rings is 1. The van der Waals surface area contributed by atoms with Gasteiger partial charge in [-0.05, 0) is 31.4 Å². The molecular formula is C21H19N3O4S. The lowest BCUT2D eigenvalue weighted by molar-refractivity contribution is -0.146. The number of ketones is 1. The SMILES string of the molecule is Cc1[nH]c2ccccc2c1C(=O)[C@@H](C)OC(=O)CCc1nc(-c2cccs2)no1. The normalized spacial score (nSPS) is 12.2. The number of carbonyl (C=O) groups is 2. The number of fused-ring (bicyclic) bond motifs is 1. The summed E-state index contributed by atoms with van der Waals surface area (Å²) >= 11 is 1.51. The van der Waals surface area contributed by atoms with Gasteiger partial charge in [0.05, 0.1) is 11.3 Å². The fourth-order valence-corrected chi connectivity index (χ4v) is 3.83. The van der Waals surface area contributed by atoms with Crippen molar-refractivity contribution in [3.63, 3.8) is 0 Å². The number of hydrogen-bond acceptors (Lipinski definition) is 7. The molecule has 0 spiro atoms. The van der Waals surface area contributed by atoms with E-state index in [1.165, 1.54) is 11.3 Å². The summed E-state index contributed by atoms with van der Waals surface area (Å²) in [5, 5.41) is 6.66. The summed E-state index contributed by atoms with van der Waals surface area (Å²) in [6, 6.07) is 11.4. The van der Waals surface area contributed by atoms with Crippen molar-refractivity contribution in [2.75, 3.05) is 0 Å². The summed E-state index contributed by atoms with van der Waals surface area (Å²) in [4.78, 5) is 33.4. The van der Waals surface area contributed by atoms with Crippen LogP contribution in [0.4, 0.5) is 0 Å². The summed E-state index contributed by atoms with van der Waals surface area (Å²) in [5.74, 6) is 0.142. The van der Waals surface area contributed by atoms with Crippen molar-refractivity contribution < 1.29 is 18.8 Å². The predicted molar refractivity (Wildman–Crippen MR) is 109 cm³/mol. The van der Waals surface area contributed by atoms with Gasteiger partial charge in [0.1, 0.15) is 0 Å². The van der Waals surface area contributed by atoms with E-state index >= 15 is 0 Å². The zero-order valence-corrected chi connectivity index (χ0v) is 16.8. The lowest BCUT2D eigenvalue weighted by Crippen LogP contribution is -2.25. The van der Waals surface area contributed by atoms with Crippen LogP contribution in [0.15, 0.2) is 46.3 Å². The highest BCUT2D eigenvalue weighted by Gasteiger charge is 2.24. The van der Waals surface area contributed by atoms with E-state index in [1.807, 2.05) is 48.7 Å². The summed E-state index contributed by atoms with van der Waals surface area (Å²) in [7, 11) is 0. The Morgan fingerprint density at radius 2 is 2.07 bits per heavy atom. The van der Waals surface area contributed by atoms with E-state index in [0.29, 0.717) is 17.3 Å². The zero-order chi connectivity index (χ0) is 20.4. The number of para-hydroxylation sites is 1. The monoisotopic (exact) mass is 409 g/mol. The van der Waals surface area contributed by atoms with E-state index in [9.17, 15) is 9.59 Å². The molecule has 0 saturated heterocycles. The first-order chi connectivity index (χ1) is 14.0. The van der Waals surface area contributed by atoms with Crippen LogP contribution in [0.1, 0.15) is 35.3 Å². The van der Waals surface area contributed by atoms with Crippen molar-refractivity contribution in [3.05, 3.63) is 58.9 Å². The van der Waals surface area contributed by atoms with Crippen LogP contribution < -0.4 is 0 Å². The van der Waals surface area contributed by atoms with Crippen LogP contribution in [0.2, 0.25) is 0 Å². The Morgan fingerprint density at radius 1 is 1.24 bits per heavy atom. The van der Waals surface area contributed by atoms with Crippen molar-refractivity contribution in [1.82, 2.24) is 15.1 Å². The first-order valence-corrected chi connectivity index (χ1v) is 10.1. The Labute approximate surface area is 170 Å². The molecular weight excluding hydrogens is 390 g/mol. The Hall–Kier alpha value is -3.26. The Kier molecular flexibility index (Phi) is 5.26. The molecule has 0 radical (unpaired) electrons. The van der Waals surface area contributed by atoms with Gasteiger partial charge in [-0.15, -0.1) is 11.3 Å². The first kappa shape index (κ1) is 19.1. The molecule has 1 aromatic carbocycles. The van der Waals surface area contributed by atoms with Crippen LogP contribution in [0.5, 0.6) is 0 Å². The fraction of sp³-hybridized carbons (Fsp3) is 0.238. The van der Waals surface area contributed by atoms with Crippen molar-refractivity contribution in [3.8, 4) is 10.7 Å². The van der Waals surface area contributed by atoms with E-state index in [-0.39, 0.29) is 18.6 Å². The topological polar surface area (TPSA) is 98.1 Å². The molecule has 0 bridgehead atoms. The molecule has 148 valence electrons. The highest BCUT2D eigenvalue weighted by atomic mass is 32.1. The van der Waals surface area contributed by atoms with Crippen LogP contribution in [-0.2, 0) is 16.0 Å². The van der Waals surface area contributed by atoms with Gasteiger partial charge in [-0.1, -0.05) is 29.4 Å². The molecule has 0 aliphatic carbocycles. The van der Waals surface area contributed by atoms with Gasteiger partial charge in [0, 0.05) is 28.6 Å². The van der Waals surface area contributed by atoms with Gasteiger partial charge in [-0.2, -0.15) is 4.98 Å². The third kappa shape index (κ3) is 3.97. The lowest BCUT2D eigenvalue weighted by Gasteiger charge is -2.12. The number of rotatable bonds is 7. The van der Waals surface area contributed by atoms with Gasteiger partial charge < -0.3 is 14.2 Å². The number of aryl methyl sites for hydroxylation is 2. The Morgan fingerprint density at radius 3 is 2.86 bits per heavy atom. The molecule has 0 amide bonds. The third-order valence-corrected chi connectivity index (χ3v) is 5.44. The molecule has 0 aliphatic heterocycles. The third-order valence-electron chi connectivity index (χ3n) is 4.57. The fourth-order valence-electron chi connectivity index (χ4n) is 3.18. The van der Waals surface area contributed by atoms with Gasteiger partial charge in [-0.25, -0.2) is 0 Å². The molecule has 29 heavy (non-hydrogen) atoms. The van der Waals surface area contributed by atoms with Crippen molar-refractivity contribution >= 4 is 34.0 Å². The molecule has 3 heterocycles. The minimum absolute atomic E-state index is 0.0521. The van der Waals surface area contributed by atoms with Gasteiger partial charge >= 0.3 is 5.97 Å². The van der Waals surface area contributed by atoms with E-state index in [0.717, 1.165) is 21.5 Å². The van der Waals surface area contributed by atoms with Crippen LogP contribution in [0.25, 0.3) is 21.6 Å². The minimum Gasteiger partial charge on any atom is -0.454 e. The van der Waals surface area contributed by atoms with Crippen molar-refractivity contribution in [2.24, 2.45) is 0 Å². The number of esters is 1. The maximum Gasteiger partial charge on any atom is 0.307 e. The minimum atomic E-state index is -0.884. The smallest absolute Gasteiger partial charge is 0.307 e. The highest BCUT2D eigenvalue weighted by molar-refractivity contribution is 7.13. The van der Waals surface area contributed by atoms with Gasteiger partial charge in [0.2, 0.25) is 17.5 Å². The molecule has 1 atom stereocenters. The maximum absolute atomic E-state index is 12.8. The van der Waals surface area contributed by atoms with E-state index in [2.05, 4.69) is 15.1 Å². The van der Waals surface area contributed by atoms with Crippen LogP contribution >= 0.6 is 11.3 Å². The Bertz CT molecular complexity index is 1160. The Balaban J connectivity index is 1.37. The summed E-state index contributed by atoms with van der Waals surface area (Å²) in [6.45, 7) is 3.42. The summed E-state index contributed by atoms with van der Waals surface area (Å²) in [6.07, 6.45) is -0.578. The van der Waals surface area contributed by atoms with Crippen LogP contribution in [-0.4, -0.2) is 33.0 Å². The average molecular weight is 409 g/mol. The number of H-pyrrole nitrogens is 1. The molecule has 0 saturated carbocycles. The quantitative estimate of drug-likeness (QED) is 0.360. The average Bonchev–Trinajstić information content (AvgIpc) is 3.44.